The van der Waals surface area contributed by atoms with Crippen molar-refractivity contribution >= 4 is 11.7 Å². The Morgan fingerprint density at radius 2 is 2.59 bits per heavy atom. The smallest absolute Gasteiger partial charge is 0.358 e. The highest BCUT2D eigenvalue weighted by atomic mass is 16.5. The second-order valence-electron chi connectivity index (χ2n) is 4.09. The van der Waals surface area contributed by atoms with Crippen molar-refractivity contribution in [3.8, 4) is 0 Å². The van der Waals surface area contributed by atoms with E-state index < -0.39 is 5.97 Å². The number of aryl methyl sites for hydroxylation is 1. The Bertz CT molecular complexity index is 397. The van der Waals surface area contributed by atoms with Gasteiger partial charge in [-0.05, 0) is 13.3 Å². The molecular formula is C11H17N3O3. The number of nitrogens with zero attached hydrogens (tertiary/aromatic N) is 2. The predicted molar refractivity (Wildman–Crippen MR) is 61.5 cm³/mol. The Kier molecular flexibility index (Phi) is 3.63. The number of carbonyl (C=O) groups is 1. The fraction of sp³-hybridized carbons (Fsp3) is 0.636. The minimum atomic E-state index is -0.409. The molecule has 6 heteroatoms. The van der Waals surface area contributed by atoms with E-state index in [9.17, 15) is 4.79 Å². The number of hydrogen-bond acceptors (Lipinski definition) is 5. The molecular weight excluding hydrogens is 222 g/mol. The zero-order valence-electron chi connectivity index (χ0n) is 9.89. The van der Waals surface area contributed by atoms with Crippen LogP contribution in [0, 0.1) is 5.92 Å². The Morgan fingerprint density at radius 1 is 1.76 bits per heavy atom. The molecule has 1 fully saturated rings. The van der Waals surface area contributed by atoms with Gasteiger partial charge < -0.3 is 15.2 Å². The number of nitrogen functional groups attached to an aromatic ring is 1. The van der Waals surface area contributed by atoms with Gasteiger partial charge in [0.25, 0.3) is 0 Å². The molecule has 0 aliphatic carbocycles. The van der Waals surface area contributed by atoms with Gasteiger partial charge in [0.05, 0.1) is 25.1 Å². The van der Waals surface area contributed by atoms with E-state index >= 15 is 0 Å². The second-order valence-corrected chi connectivity index (χ2v) is 4.09. The molecule has 0 aromatic carbocycles. The summed E-state index contributed by atoms with van der Waals surface area (Å²) < 4.78 is 12.0. The van der Waals surface area contributed by atoms with Crippen LogP contribution in [-0.4, -0.2) is 35.6 Å². The van der Waals surface area contributed by atoms with Crippen molar-refractivity contribution in [3.05, 3.63) is 11.9 Å². The molecule has 2 heterocycles. The third-order valence-electron chi connectivity index (χ3n) is 2.83. The average Bonchev–Trinajstić information content (AvgIpc) is 2.94. The molecule has 1 aliphatic heterocycles. The van der Waals surface area contributed by atoms with Gasteiger partial charge in [-0.3, -0.25) is 4.68 Å². The molecule has 6 nitrogen and oxygen atoms in total. The topological polar surface area (TPSA) is 79.4 Å². The number of nitrogens with two attached hydrogens (primary N) is 1. The van der Waals surface area contributed by atoms with E-state index in [4.69, 9.17) is 15.2 Å². The largest absolute Gasteiger partial charge is 0.461 e. The lowest BCUT2D eigenvalue weighted by atomic mass is 10.1. The Balaban J connectivity index is 1.96. The lowest BCUT2D eigenvalue weighted by Gasteiger charge is -2.10. The fourth-order valence-electron chi connectivity index (χ4n) is 1.84. The quantitative estimate of drug-likeness (QED) is 0.781. The molecule has 1 aromatic rings. The van der Waals surface area contributed by atoms with Crippen LogP contribution in [0.3, 0.4) is 0 Å². The van der Waals surface area contributed by atoms with Gasteiger partial charge in [-0.15, -0.1) is 0 Å². The fourth-order valence-corrected chi connectivity index (χ4v) is 1.84. The summed E-state index contributed by atoms with van der Waals surface area (Å²) in [5.41, 5.74) is 6.39. The van der Waals surface area contributed by atoms with Gasteiger partial charge in [0.2, 0.25) is 0 Å². The highest BCUT2D eigenvalue weighted by Gasteiger charge is 2.21. The van der Waals surface area contributed by atoms with Gasteiger partial charge in [-0.2, -0.15) is 5.10 Å². The summed E-state index contributed by atoms with van der Waals surface area (Å²) in [6.07, 6.45) is 2.41. The first-order valence-electron chi connectivity index (χ1n) is 5.78. The minimum absolute atomic E-state index is 0.304. The SMILES string of the molecule is CCn1ncc(N)c1C(=O)OCC1CCOC1. The first-order valence-corrected chi connectivity index (χ1v) is 5.78. The third-order valence-corrected chi connectivity index (χ3v) is 2.83. The highest BCUT2D eigenvalue weighted by molar-refractivity contribution is 5.93. The van der Waals surface area contributed by atoms with Crippen LogP contribution in [0.4, 0.5) is 5.69 Å². The zero-order chi connectivity index (χ0) is 12.3. The molecule has 2 N–H and O–H groups in total. The normalized spacial score (nSPS) is 19.5. The number of ether oxygens (including phenoxy) is 2. The van der Waals surface area contributed by atoms with Gasteiger partial charge in [-0.1, -0.05) is 0 Å². The number of carbonyl (C=O) groups excluding carboxylic acids is 1. The summed E-state index contributed by atoms with van der Waals surface area (Å²) in [7, 11) is 0. The van der Waals surface area contributed by atoms with Crippen molar-refractivity contribution in [3.63, 3.8) is 0 Å². The van der Waals surface area contributed by atoms with Gasteiger partial charge in [0, 0.05) is 19.1 Å². The minimum Gasteiger partial charge on any atom is -0.461 e. The maximum atomic E-state index is 11.9. The van der Waals surface area contributed by atoms with Gasteiger partial charge in [-0.25, -0.2) is 4.79 Å². The number of hydrogen-bond donors (Lipinski definition) is 1. The van der Waals surface area contributed by atoms with Crippen LogP contribution >= 0.6 is 0 Å². The number of rotatable bonds is 4. The highest BCUT2D eigenvalue weighted by Crippen LogP contribution is 2.16. The molecule has 0 spiro atoms. The standard InChI is InChI=1S/C11H17N3O3/c1-2-14-10(9(12)5-13-14)11(15)17-7-8-3-4-16-6-8/h5,8H,2-4,6-7,12H2,1H3. The molecule has 94 valence electrons. The Labute approximate surface area is 99.7 Å². The van der Waals surface area contributed by atoms with Crippen molar-refractivity contribution in [1.29, 1.82) is 0 Å². The van der Waals surface area contributed by atoms with Crippen molar-refractivity contribution in [1.82, 2.24) is 9.78 Å². The summed E-state index contributed by atoms with van der Waals surface area (Å²) in [4.78, 5) is 11.9. The molecule has 0 radical (unpaired) electrons. The average molecular weight is 239 g/mol. The molecule has 1 atom stereocenters. The van der Waals surface area contributed by atoms with Crippen LogP contribution in [-0.2, 0) is 16.0 Å². The third kappa shape index (κ3) is 2.58. The van der Waals surface area contributed by atoms with Crippen molar-refractivity contribution < 1.29 is 14.3 Å². The maximum Gasteiger partial charge on any atom is 0.358 e. The number of aromatic nitrogens is 2. The van der Waals surface area contributed by atoms with E-state index in [1.54, 1.807) is 4.68 Å². The number of esters is 1. The molecule has 0 saturated carbocycles. The van der Waals surface area contributed by atoms with E-state index in [-0.39, 0.29) is 0 Å². The van der Waals surface area contributed by atoms with Crippen LogP contribution in [0.15, 0.2) is 6.20 Å². The van der Waals surface area contributed by atoms with E-state index in [0.717, 1.165) is 13.0 Å². The zero-order valence-corrected chi connectivity index (χ0v) is 9.89. The van der Waals surface area contributed by atoms with E-state index in [1.807, 2.05) is 6.92 Å². The lowest BCUT2D eigenvalue weighted by Crippen LogP contribution is -2.18. The van der Waals surface area contributed by atoms with Crippen molar-refractivity contribution in [2.24, 2.45) is 5.92 Å². The molecule has 1 aromatic heterocycles. The Morgan fingerprint density at radius 3 is 3.24 bits per heavy atom. The maximum absolute atomic E-state index is 11.9. The van der Waals surface area contributed by atoms with Crippen molar-refractivity contribution in [2.45, 2.75) is 19.9 Å². The summed E-state index contributed by atoms with van der Waals surface area (Å²) in [6.45, 7) is 4.28. The first kappa shape index (κ1) is 11.9. The van der Waals surface area contributed by atoms with Crippen molar-refractivity contribution in [2.75, 3.05) is 25.6 Å². The molecule has 17 heavy (non-hydrogen) atoms. The second kappa shape index (κ2) is 5.18. The summed E-state index contributed by atoms with van der Waals surface area (Å²) in [5.74, 6) is -0.105. The summed E-state index contributed by atoms with van der Waals surface area (Å²) in [6, 6.07) is 0. The van der Waals surface area contributed by atoms with Crippen LogP contribution in [0.5, 0.6) is 0 Å². The lowest BCUT2D eigenvalue weighted by molar-refractivity contribution is 0.0415. The molecule has 0 bridgehead atoms. The van der Waals surface area contributed by atoms with Crippen LogP contribution in [0.25, 0.3) is 0 Å². The van der Waals surface area contributed by atoms with Crippen LogP contribution in [0.1, 0.15) is 23.8 Å². The van der Waals surface area contributed by atoms with E-state index in [1.165, 1.54) is 6.20 Å². The Hall–Kier alpha value is -1.56. The number of anilines is 1. The molecule has 2 rings (SSSR count). The molecule has 1 aliphatic rings. The molecule has 1 unspecified atom stereocenters. The van der Waals surface area contributed by atoms with Crippen LogP contribution < -0.4 is 5.73 Å². The predicted octanol–water partition coefficient (Wildman–Crippen LogP) is 0.678. The van der Waals surface area contributed by atoms with Gasteiger partial charge in [0.1, 0.15) is 0 Å². The van der Waals surface area contributed by atoms with E-state index in [2.05, 4.69) is 5.10 Å². The molecule has 0 amide bonds. The molecule has 1 saturated heterocycles. The summed E-state index contributed by atoms with van der Waals surface area (Å²) in [5, 5.41) is 4.00. The van der Waals surface area contributed by atoms with Gasteiger partial charge >= 0.3 is 5.97 Å². The first-order chi connectivity index (χ1) is 8.22. The summed E-state index contributed by atoms with van der Waals surface area (Å²) >= 11 is 0. The van der Waals surface area contributed by atoms with E-state index in [0.29, 0.717) is 37.1 Å². The van der Waals surface area contributed by atoms with Crippen LogP contribution in [0.2, 0.25) is 0 Å². The van der Waals surface area contributed by atoms with Gasteiger partial charge in [0.15, 0.2) is 5.69 Å². The monoisotopic (exact) mass is 239 g/mol.